The van der Waals surface area contributed by atoms with Crippen molar-refractivity contribution in [1.29, 1.82) is 0 Å². The predicted octanol–water partition coefficient (Wildman–Crippen LogP) is 0.890. The van der Waals surface area contributed by atoms with E-state index < -0.39 is 0 Å². The highest BCUT2D eigenvalue weighted by atomic mass is 16.5. The first-order valence-electron chi connectivity index (χ1n) is 4.44. The maximum Gasteiger partial charge on any atom is 0.319 e. The average molecular weight is 171 g/mol. The molecule has 70 valence electrons. The molecule has 3 heteroatoms. The fraction of sp³-hybridized carbons (Fsp3) is 0.889. The van der Waals surface area contributed by atoms with Gasteiger partial charge in [-0.25, -0.2) is 0 Å². The minimum Gasteiger partial charge on any atom is -0.468 e. The van der Waals surface area contributed by atoms with E-state index in [-0.39, 0.29) is 5.97 Å². The van der Waals surface area contributed by atoms with E-state index in [2.05, 4.69) is 23.5 Å². The van der Waals surface area contributed by atoms with Crippen molar-refractivity contribution in [2.45, 2.75) is 26.3 Å². The summed E-state index contributed by atoms with van der Waals surface area (Å²) in [6.45, 7) is 5.85. The Kier molecular flexibility index (Phi) is 3.09. The third-order valence-electron chi connectivity index (χ3n) is 2.47. The molecule has 0 saturated carbocycles. The Balaban J connectivity index is 2.37. The van der Waals surface area contributed by atoms with E-state index in [0.29, 0.717) is 18.5 Å². The van der Waals surface area contributed by atoms with Crippen LogP contribution < -0.4 is 0 Å². The lowest BCUT2D eigenvalue weighted by Crippen LogP contribution is -2.33. The first-order valence-corrected chi connectivity index (χ1v) is 4.44. The molecule has 1 rings (SSSR count). The Morgan fingerprint density at radius 2 is 2.25 bits per heavy atom. The van der Waals surface area contributed by atoms with E-state index >= 15 is 0 Å². The van der Waals surface area contributed by atoms with Gasteiger partial charge in [0.1, 0.15) is 0 Å². The molecular weight excluding hydrogens is 154 g/mol. The summed E-state index contributed by atoms with van der Waals surface area (Å²) < 4.78 is 4.62. The van der Waals surface area contributed by atoms with Crippen LogP contribution >= 0.6 is 0 Å². The van der Waals surface area contributed by atoms with Crippen molar-refractivity contribution in [3.63, 3.8) is 0 Å². The summed E-state index contributed by atoms with van der Waals surface area (Å²) in [6.07, 6.45) is 1.19. The van der Waals surface area contributed by atoms with Gasteiger partial charge in [0.25, 0.3) is 0 Å². The summed E-state index contributed by atoms with van der Waals surface area (Å²) in [6, 6.07) is 0.527. The Morgan fingerprint density at radius 1 is 1.58 bits per heavy atom. The molecular formula is C9H17NO2. The van der Waals surface area contributed by atoms with Gasteiger partial charge in [0, 0.05) is 12.6 Å². The van der Waals surface area contributed by atoms with Crippen LogP contribution in [0.2, 0.25) is 0 Å². The average Bonchev–Trinajstić information content (AvgIpc) is 2.30. The molecule has 1 saturated heterocycles. The molecule has 0 aliphatic carbocycles. The number of carbonyl (C=O) groups excluding carboxylic acids is 1. The van der Waals surface area contributed by atoms with Gasteiger partial charge in [0.15, 0.2) is 0 Å². The van der Waals surface area contributed by atoms with Crippen molar-refractivity contribution in [3.8, 4) is 0 Å². The van der Waals surface area contributed by atoms with Gasteiger partial charge < -0.3 is 4.74 Å². The fourth-order valence-electron chi connectivity index (χ4n) is 1.84. The van der Waals surface area contributed by atoms with Gasteiger partial charge >= 0.3 is 5.97 Å². The monoisotopic (exact) mass is 171 g/mol. The first-order chi connectivity index (χ1) is 5.63. The minimum absolute atomic E-state index is 0.129. The van der Waals surface area contributed by atoms with Crippen LogP contribution in [-0.2, 0) is 9.53 Å². The summed E-state index contributed by atoms with van der Waals surface area (Å²) in [5.41, 5.74) is 0. The van der Waals surface area contributed by atoms with Crippen LogP contribution in [0.4, 0.5) is 0 Å². The van der Waals surface area contributed by atoms with E-state index in [1.54, 1.807) is 0 Å². The second-order valence-corrected chi connectivity index (χ2v) is 3.70. The van der Waals surface area contributed by atoms with Gasteiger partial charge in [-0.3, -0.25) is 9.69 Å². The van der Waals surface area contributed by atoms with Crippen molar-refractivity contribution in [2.24, 2.45) is 5.92 Å². The van der Waals surface area contributed by atoms with Gasteiger partial charge in [-0.15, -0.1) is 0 Å². The largest absolute Gasteiger partial charge is 0.468 e. The molecule has 1 aliphatic heterocycles. The Labute approximate surface area is 73.7 Å². The number of nitrogens with zero attached hydrogens (tertiary/aromatic N) is 1. The second kappa shape index (κ2) is 3.90. The van der Waals surface area contributed by atoms with Gasteiger partial charge in [-0.2, -0.15) is 0 Å². The summed E-state index contributed by atoms with van der Waals surface area (Å²) in [4.78, 5) is 13.1. The summed E-state index contributed by atoms with van der Waals surface area (Å²) in [5, 5.41) is 0. The van der Waals surface area contributed by atoms with Crippen molar-refractivity contribution in [3.05, 3.63) is 0 Å². The predicted molar refractivity (Wildman–Crippen MR) is 46.8 cm³/mol. The van der Waals surface area contributed by atoms with Crippen LogP contribution in [0.25, 0.3) is 0 Å². The lowest BCUT2D eigenvalue weighted by Gasteiger charge is -2.18. The summed E-state index contributed by atoms with van der Waals surface area (Å²) in [5.74, 6) is 0.584. The van der Waals surface area contributed by atoms with Crippen LogP contribution in [0.15, 0.2) is 0 Å². The summed E-state index contributed by atoms with van der Waals surface area (Å²) >= 11 is 0. The van der Waals surface area contributed by atoms with E-state index in [0.717, 1.165) is 6.54 Å². The molecule has 0 bridgehead atoms. The SMILES string of the molecule is COC(=O)CN1CC(C)CC1C. The molecule has 0 aromatic rings. The third-order valence-corrected chi connectivity index (χ3v) is 2.47. The van der Waals surface area contributed by atoms with Crippen LogP contribution in [0, 0.1) is 5.92 Å². The van der Waals surface area contributed by atoms with Crippen LogP contribution in [0.5, 0.6) is 0 Å². The lowest BCUT2D eigenvalue weighted by molar-refractivity contribution is -0.142. The molecule has 12 heavy (non-hydrogen) atoms. The van der Waals surface area contributed by atoms with E-state index in [4.69, 9.17) is 0 Å². The number of carbonyl (C=O) groups is 1. The Morgan fingerprint density at radius 3 is 2.67 bits per heavy atom. The van der Waals surface area contributed by atoms with Crippen molar-refractivity contribution >= 4 is 5.97 Å². The number of esters is 1. The second-order valence-electron chi connectivity index (χ2n) is 3.70. The van der Waals surface area contributed by atoms with Crippen molar-refractivity contribution in [1.82, 2.24) is 4.90 Å². The molecule has 2 unspecified atom stereocenters. The van der Waals surface area contributed by atoms with Crippen LogP contribution in [0.3, 0.4) is 0 Å². The number of hydrogen-bond donors (Lipinski definition) is 0. The normalized spacial score (nSPS) is 30.6. The van der Waals surface area contributed by atoms with Gasteiger partial charge in [0.05, 0.1) is 13.7 Å². The molecule has 0 aromatic heterocycles. The zero-order valence-corrected chi connectivity index (χ0v) is 8.04. The van der Waals surface area contributed by atoms with E-state index in [1.165, 1.54) is 13.5 Å². The highest BCUT2D eigenvalue weighted by molar-refractivity contribution is 5.71. The Bertz CT molecular complexity index is 170. The molecule has 3 nitrogen and oxygen atoms in total. The van der Waals surface area contributed by atoms with Crippen LogP contribution in [0.1, 0.15) is 20.3 Å². The number of methoxy groups -OCH3 is 1. The summed E-state index contributed by atoms with van der Waals surface area (Å²) in [7, 11) is 1.44. The molecule has 0 spiro atoms. The molecule has 0 amide bonds. The molecule has 0 radical (unpaired) electrons. The first kappa shape index (κ1) is 9.52. The van der Waals surface area contributed by atoms with Gasteiger partial charge in [-0.1, -0.05) is 6.92 Å². The quantitative estimate of drug-likeness (QED) is 0.578. The number of likely N-dealkylation sites (tertiary alicyclic amines) is 1. The maximum atomic E-state index is 11.0. The highest BCUT2D eigenvalue weighted by Crippen LogP contribution is 2.21. The molecule has 1 aliphatic rings. The molecule has 0 N–H and O–H groups in total. The fourth-order valence-corrected chi connectivity index (χ4v) is 1.84. The van der Waals surface area contributed by atoms with Crippen LogP contribution in [-0.4, -0.2) is 37.1 Å². The van der Waals surface area contributed by atoms with Crippen molar-refractivity contribution < 1.29 is 9.53 Å². The van der Waals surface area contributed by atoms with Gasteiger partial charge in [-0.05, 0) is 19.3 Å². The molecule has 1 heterocycles. The highest BCUT2D eigenvalue weighted by Gasteiger charge is 2.27. The van der Waals surface area contributed by atoms with Gasteiger partial charge in [0.2, 0.25) is 0 Å². The smallest absolute Gasteiger partial charge is 0.319 e. The topological polar surface area (TPSA) is 29.5 Å². The standard InChI is InChI=1S/C9H17NO2/c1-7-4-8(2)10(5-7)6-9(11)12-3/h7-8H,4-6H2,1-3H3. The molecule has 2 atom stereocenters. The number of rotatable bonds is 2. The van der Waals surface area contributed by atoms with E-state index in [9.17, 15) is 4.79 Å². The molecule has 0 aromatic carbocycles. The molecule has 1 fully saturated rings. The zero-order chi connectivity index (χ0) is 9.14. The van der Waals surface area contributed by atoms with Crippen molar-refractivity contribution in [2.75, 3.05) is 20.2 Å². The minimum atomic E-state index is -0.129. The zero-order valence-electron chi connectivity index (χ0n) is 8.04. The Hall–Kier alpha value is -0.570. The van der Waals surface area contributed by atoms with E-state index in [1.807, 2.05) is 0 Å². The number of hydrogen-bond acceptors (Lipinski definition) is 3. The number of ether oxygens (including phenoxy) is 1. The maximum absolute atomic E-state index is 11.0. The lowest BCUT2D eigenvalue weighted by atomic mass is 10.1. The third kappa shape index (κ3) is 2.21.